The van der Waals surface area contributed by atoms with Crippen LogP contribution in [0.1, 0.15) is 12.8 Å². The van der Waals surface area contributed by atoms with Crippen LogP contribution in [0, 0.1) is 0 Å². The Balaban J connectivity index is 2.67. The van der Waals surface area contributed by atoms with Crippen LogP contribution >= 0.6 is 15.9 Å². The van der Waals surface area contributed by atoms with E-state index in [0.717, 1.165) is 0 Å². The summed E-state index contributed by atoms with van der Waals surface area (Å²) in [7, 11) is -2.39. The number of hydrogen-bond donors (Lipinski definition) is 1. The van der Waals surface area contributed by atoms with Crippen molar-refractivity contribution in [2.24, 2.45) is 0 Å². The predicted molar refractivity (Wildman–Crippen MR) is 71.2 cm³/mol. The third kappa shape index (κ3) is 5.29. The maximum atomic E-state index is 11.9. The summed E-state index contributed by atoms with van der Waals surface area (Å²) in [6.45, 7) is -0.272. The first-order chi connectivity index (χ1) is 9.15. The van der Waals surface area contributed by atoms with E-state index in [1.165, 1.54) is 25.3 Å². The number of hydrogen-bond acceptors (Lipinski definition) is 3. The largest absolute Gasteiger partial charge is 0.496 e. The zero-order valence-corrected chi connectivity index (χ0v) is 12.9. The van der Waals surface area contributed by atoms with Crippen molar-refractivity contribution < 1.29 is 26.3 Å². The van der Waals surface area contributed by atoms with E-state index in [1.54, 1.807) is 0 Å². The Morgan fingerprint density at radius 2 is 2.00 bits per heavy atom. The minimum atomic E-state index is -4.28. The molecule has 0 fully saturated rings. The molecule has 0 aromatic heterocycles. The molecule has 0 unspecified atom stereocenters. The molecule has 0 atom stereocenters. The van der Waals surface area contributed by atoms with Crippen LogP contribution in [0.4, 0.5) is 13.2 Å². The van der Waals surface area contributed by atoms with E-state index >= 15 is 0 Å². The topological polar surface area (TPSA) is 55.4 Å². The zero-order chi connectivity index (χ0) is 15.4. The number of rotatable bonds is 6. The van der Waals surface area contributed by atoms with E-state index in [2.05, 4.69) is 20.7 Å². The molecule has 0 amide bonds. The van der Waals surface area contributed by atoms with Gasteiger partial charge < -0.3 is 4.74 Å². The second-order valence-electron chi connectivity index (χ2n) is 3.91. The molecule has 4 nitrogen and oxygen atoms in total. The fraction of sp³-hybridized carbons (Fsp3) is 0.455. The molecule has 1 rings (SSSR count). The quantitative estimate of drug-likeness (QED) is 0.777. The van der Waals surface area contributed by atoms with Crippen molar-refractivity contribution in [3.05, 3.63) is 22.7 Å². The molecule has 1 N–H and O–H groups in total. The summed E-state index contributed by atoms with van der Waals surface area (Å²) in [6, 6.07) is 4.09. The van der Waals surface area contributed by atoms with E-state index in [1.807, 2.05) is 0 Å². The second-order valence-corrected chi connectivity index (χ2v) is 6.53. The molecular formula is C11H13BrF3NO3S. The maximum absolute atomic E-state index is 11.9. The Labute approximate surface area is 123 Å². The molecule has 0 aliphatic carbocycles. The molecule has 114 valence electrons. The zero-order valence-electron chi connectivity index (χ0n) is 10.5. The Kier molecular flexibility index (Phi) is 5.84. The highest BCUT2D eigenvalue weighted by Gasteiger charge is 2.26. The summed E-state index contributed by atoms with van der Waals surface area (Å²) in [6.07, 6.45) is -5.61. The van der Waals surface area contributed by atoms with Crippen molar-refractivity contribution in [2.75, 3.05) is 13.7 Å². The van der Waals surface area contributed by atoms with Crippen molar-refractivity contribution >= 4 is 26.0 Å². The van der Waals surface area contributed by atoms with Gasteiger partial charge in [-0.1, -0.05) is 0 Å². The summed E-state index contributed by atoms with van der Waals surface area (Å²) in [5, 5.41) is 0. The molecule has 9 heteroatoms. The lowest BCUT2D eigenvalue weighted by Gasteiger charge is -2.10. The number of halogens is 4. The van der Waals surface area contributed by atoms with Crippen LogP contribution in [0.5, 0.6) is 5.75 Å². The van der Waals surface area contributed by atoms with Gasteiger partial charge in [0.1, 0.15) is 5.75 Å². The van der Waals surface area contributed by atoms with E-state index in [4.69, 9.17) is 4.74 Å². The number of methoxy groups -OCH3 is 1. The standard InChI is InChI=1S/C11H13BrF3NO3S/c1-19-10-4-3-8(7-9(10)12)20(17,18)16-6-2-5-11(13,14)15/h3-4,7,16H,2,5-6H2,1H3. The first kappa shape index (κ1) is 17.3. The summed E-state index contributed by atoms with van der Waals surface area (Å²) in [5.41, 5.74) is 0. The third-order valence-electron chi connectivity index (χ3n) is 2.36. The third-order valence-corrected chi connectivity index (χ3v) is 4.44. The van der Waals surface area contributed by atoms with E-state index in [-0.39, 0.29) is 17.9 Å². The second kappa shape index (κ2) is 6.77. The number of benzene rings is 1. The van der Waals surface area contributed by atoms with Gasteiger partial charge in [-0.3, -0.25) is 0 Å². The van der Waals surface area contributed by atoms with Crippen LogP contribution in [0.2, 0.25) is 0 Å². The van der Waals surface area contributed by atoms with Crippen LogP contribution in [0.25, 0.3) is 0 Å². The average Bonchev–Trinajstić information content (AvgIpc) is 2.33. The SMILES string of the molecule is COc1ccc(S(=O)(=O)NCCCC(F)(F)F)cc1Br. The fourth-order valence-corrected chi connectivity index (χ4v) is 3.19. The number of ether oxygens (including phenoxy) is 1. The van der Waals surface area contributed by atoms with Crippen LogP contribution in [-0.4, -0.2) is 28.2 Å². The molecule has 0 spiro atoms. The number of nitrogens with one attached hydrogen (secondary N) is 1. The lowest BCUT2D eigenvalue weighted by Crippen LogP contribution is -2.25. The monoisotopic (exact) mass is 375 g/mol. The van der Waals surface area contributed by atoms with Gasteiger partial charge in [0.2, 0.25) is 10.0 Å². The van der Waals surface area contributed by atoms with E-state index in [0.29, 0.717) is 10.2 Å². The minimum Gasteiger partial charge on any atom is -0.496 e. The molecule has 1 aromatic rings. The highest BCUT2D eigenvalue weighted by atomic mass is 79.9. The molecular weight excluding hydrogens is 363 g/mol. The van der Waals surface area contributed by atoms with Crippen molar-refractivity contribution in [3.8, 4) is 5.75 Å². The van der Waals surface area contributed by atoms with Gasteiger partial charge in [-0.15, -0.1) is 0 Å². The van der Waals surface area contributed by atoms with E-state index < -0.39 is 22.6 Å². The summed E-state index contributed by atoms with van der Waals surface area (Å²) in [5.74, 6) is 0.459. The first-order valence-electron chi connectivity index (χ1n) is 5.56. The smallest absolute Gasteiger partial charge is 0.389 e. The first-order valence-corrected chi connectivity index (χ1v) is 7.83. The van der Waals surface area contributed by atoms with Gasteiger partial charge in [-0.2, -0.15) is 13.2 Å². The molecule has 0 saturated heterocycles. The Hall–Kier alpha value is -0.800. The highest BCUT2D eigenvalue weighted by molar-refractivity contribution is 9.10. The molecule has 0 radical (unpaired) electrons. The lowest BCUT2D eigenvalue weighted by molar-refractivity contribution is -0.135. The fourth-order valence-electron chi connectivity index (χ4n) is 1.39. The van der Waals surface area contributed by atoms with Gasteiger partial charge in [-0.25, -0.2) is 13.1 Å². The van der Waals surface area contributed by atoms with Gasteiger partial charge in [0.15, 0.2) is 0 Å². The maximum Gasteiger partial charge on any atom is 0.389 e. The summed E-state index contributed by atoms with van der Waals surface area (Å²) >= 11 is 3.14. The van der Waals surface area contributed by atoms with Gasteiger partial charge >= 0.3 is 6.18 Å². The van der Waals surface area contributed by atoms with Crippen LogP contribution in [-0.2, 0) is 10.0 Å². The van der Waals surface area contributed by atoms with Gasteiger partial charge in [0, 0.05) is 13.0 Å². The molecule has 0 bridgehead atoms. The minimum absolute atomic E-state index is 0.0443. The molecule has 0 heterocycles. The number of alkyl halides is 3. The van der Waals surface area contributed by atoms with Crippen molar-refractivity contribution in [2.45, 2.75) is 23.9 Å². The highest BCUT2D eigenvalue weighted by Crippen LogP contribution is 2.27. The summed E-state index contributed by atoms with van der Waals surface area (Å²) in [4.78, 5) is -0.0443. The normalized spacial score (nSPS) is 12.4. The van der Waals surface area contributed by atoms with Crippen LogP contribution in [0.15, 0.2) is 27.6 Å². The van der Waals surface area contributed by atoms with Crippen molar-refractivity contribution in [1.82, 2.24) is 4.72 Å². The van der Waals surface area contributed by atoms with E-state index in [9.17, 15) is 21.6 Å². The Morgan fingerprint density at radius 3 is 2.50 bits per heavy atom. The molecule has 0 aliphatic rings. The van der Waals surface area contributed by atoms with Crippen molar-refractivity contribution in [1.29, 1.82) is 0 Å². The predicted octanol–water partition coefficient (Wildman–Crippen LogP) is 3.08. The Bertz CT molecular complexity index is 561. The molecule has 0 saturated carbocycles. The van der Waals surface area contributed by atoms with Gasteiger partial charge in [0.05, 0.1) is 16.5 Å². The molecule has 0 aliphatic heterocycles. The average molecular weight is 376 g/mol. The lowest BCUT2D eigenvalue weighted by atomic mass is 10.3. The molecule has 1 aromatic carbocycles. The van der Waals surface area contributed by atoms with Crippen LogP contribution < -0.4 is 9.46 Å². The van der Waals surface area contributed by atoms with Gasteiger partial charge in [0.25, 0.3) is 0 Å². The Morgan fingerprint density at radius 1 is 1.35 bits per heavy atom. The summed E-state index contributed by atoms with van der Waals surface area (Å²) < 4.78 is 67.0. The molecule has 20 heavy (non-hydrogen) atoms. The van der Waals surface area contributed by atoms with Crippen molar-refractivity contribution in [3.63, 3.8) is 0 Å². The van der Waals surface area contributed by atoms with Crippen LogP contribution in [0.3, 0.4) is 0 Å². The number of sulfonamides is 1. The van der Waals surface area contributed by atoms with Gasteiger partial charge in [-0.05, 0) is 40.5 Å².